The van der Waals surface area contributed by atoms with E-state index < -0.39 is 9.84 Å². The summed E-state index contributed by atoms with van der Waals surface area (Å²) in [6, 6.07) is 4.30. The Morgan fingerprint density at radius 1 is 1.47 bits per heavy atom. The number of likely N-dealkylation sites (N-methyl/N-ethyl adjacent to an activating group) is 1. The Balaban J connectivity index is 2.90. The molecule has 0 spiro atoms. The molecule has 1 atom stereocenters. The monoisotopic (exact) mass is 352 g/mol. The van der Waals surface area contributed by atoms with Gasteiger partial charge in [-0.2, -0.15) is 0 Å². The summed E-state index contributed by atoms with van der Waals surface area (Å²) in [5.41, 5.74) is 6.16. The van der Waals surface area contributed by atoms with Gasteiger partial charge in [-0.25, -0.2) is 12.8 Å². The molecular weight excluding hydrogens is 335 g/mol. The molecule has 0 saturated heterocycles. The average Bonchev–Trinajstić information content (AvgIpc) is 2.31. The van der Waals surface area contributed by atoms with Gasteiger partial charge in [-0.05, 0) is 25.2 Å². The molecule has 0 aliphatic rings. The van der Waals surface area contributed by atoms with Crippen LogP contribution in [0.3, 0.4) is 0 Å². The number of benzene rings is 1. The highest BCUT2D eigenvalue weighted by Crippen LogP contribution is 2.24. The van der Waals surface area contributed by atoms with Gasteiger partial charge in [-0.1, -0.05) is 15.9 Å². The highest BCUT2D eigenvalue weighted by atomic mass is 79.9. The van der Waals surface area contributed by atoms with Gasteiger partial charge in [-0.3, -0.25) is 4.90 Å². The van der Waals surface area contributed by atoms with Crippen molar-refractivity contribution in [2.45, 2.75) is 6.04 Å². The molecule has 0 saturated carbocycles. The first kappa shape index (κ1) is 16.6. The number of hydrogen-bond donors (Lipinski definition) is 1. The second-order valence-electron chi connectivity index (χ2n) is 4.53. The van der Waals surface area contributed by atoms with Crippen molar-refractivity contribution in [3.8, 4) is 0 Å². The quantitative estimate of drug-likeness (QED) is 0.843. The second kappa shape index (κ2) is 6.78. The predicted octanol–water partition coefficient (Wildman–Crippen LogP) is 1.56. The molecule has 0 aliphatic carbocycles. The van der Waals surface area contributed by atoms with Gasteiger partial charge in [0.05, 0.1) is 5.75 Å². The molecule has 0 radical (unpaired) electrons. The van der Waals surface area contributed by atoms with Crippen molar-refractivity contribution in [3.05, 3.63) is 34.1 Å². The summed E-state index contributed by atoms with van der Waals surface area (Å²) in [7, 11) is -1.31. The van der Waals surface area contributed by atoms with Gasteiger partial charge in [0.1, 0.15) is 15.7 Å². The van der Waals surface area contributed by atoms with Crippen LogP contribution in [0.5, 0.6) is 0 Å². The summed E-state index contributed by atoms with van der Waals surface area (Å²) in [4.78, 5) is 1.76. The highest BCUT2D eigenvalue weighted by Gasteiger charge is 2.20. The zero-order chi connectivity index (χ0) is 14.6. The van der Waals surface area contributed by atoms with Crippen molar-refractivity contribution in [1.82, 2.24) is 4.90 Å². The van der Waals surface area contributed by atoms with Crippen LogP contribution in [0.1, 0.15) is 11.6 Å². The van der Waals surface area contributed by atoms with Crippen molar-refractivity contribution < 1.29 is 12.8 Å². The summed E-state index contributed by atoms with van der Waals surface area (Å²) in [5.74, 6) is -0.319. The Hall–Kier alpha value is -0.500. The molecule has 1 aromatic carbocycles. The van der Waals surface area contributed by atoms with E-state index in [2.05, 4.69) is 15.9 Å². The van der Waals surface area contributed by atoms with Gasteiger partial charge in [0, 0.05) is 35.4 Å². The number of sulfone groups is 1. The molecule has 1 unspecified atom stereocenters. The van der Waals surface area contributed by atoms with E-state index in [4.69, 9.17) is 5.73 Å². The van der Waals surface area contributed by atoms with E-state index >= 15 is 0 Å². The normalized spacial score (nSPS) is 13.8. The van der Waals surface area contributed by atoms with Crippen LogP contribution in [0.2, 0.25) is 0 Å². The average molecular weight is 353 g/mol. The van der Waals surface area contributed by atoms with E-state index in [0.29, 0.717) is 12.1 Å². The third-order valence-corrected chi connectivity index (χ3v) is 4.30. The topological polar surface area (TPSA) is 63.4 Å². The molecule has 2 N–H and O–H groups in total. The minimum absolute atomic E-state index is 0.0234. The van der Waals surface area contributed by atoms with Gasteiger partial charge in [0.25, 0.3) is 0 Å². The Bertz CT molecular complexity index is 537. The molecule has 0 heterocycles. The third kappa shape index (κ3) is 5.18. The van der Waals surface area contributed by atoms with Crippen molar-refractivity contribution in [3.63, 3.8) is 0 Å². The summed E-state index contributed by atoms with van der Waals surface area (Å²) >= 11 is 3.29. The number of nitrogens with zero attached hydrogens (tertiary/aromatic N) is 1. The van der Waals surface area contributed by atoms with Crippen molar-refractivity contribution in [1.29, 1.82) is 0 Å². The van der Waals surface area contributed by atoms with E-state index in [9.17, 15) is 12.8 Å². The fraction of sp³-hybridized carbons (Fsp3) is 0.500. The van der Waals surface area contributed by atoms with Crippen LogP contribution in [0, 0.1) is 5.82 Å². The lowest BCUT2D eigenvalue weighted by molar-refractivity contribution is 0.258. The van der Waals surface area contributed by atoms with E-state index in [1.165, 1.54) is 12.3 Å². The molecule has 0 amide bonds. The Kier molecular flexibility index (Phi) is 5.91. The smallest absolute Gasteiger partial charge is 0.148 e. The maximum absolute atomic E-state index is 13.8. The molecule has 0 bridgehead atoms. The van der Waals surface area contributed by atoms with Crippen LogP contribution < -0.4 is 5.73 Å². The van der Waals surface area contributed by atoms with Crippen molar-refractivity contribution in [2.75, 3.05) is 32.1 Å². The first-order chi connectivity index (χ1) is 8.74. The first-order valence-electron chi connectivity index (χ1n) is 5.77. The molecule has 4 nitrogen and oxygen atoms in total. The molecule has 108 valence electrons. The van der Waals surface area contributed by atoms with Crippen molar-refractivity contribution >= 4 is 25.8 Å². The summed E-state index contributed by atoms with van der Waals surface area (Å²) < 4.78 is 36.9. The zero-order valence-electron chi connectivity index (χ0n) is 10.9. The molecule has 0 aromatic heterocycles. The van der Waals surface area contributed by atoms with Crippen LogP contribution in [0.4, 0.5) is 4.39 Å². The van der Waals surface area contributed by atoms with Crippen LogP contribution in [0.15, 0.2) is 22.7 Å². The van der Waals surface area contributed by atoms with E-state index in [-0.39, 0.29) is 24.2 Å². The van der Waals surface area contributed by atoms with E-state index in [0.717, 1.165) is 4.47 Å². The Morgan fingerprint density at radius 2 is 2.11 bits per heavy atom. The number of halogens is 2. The van der Waals surface area contributed by atoms with Gasteiger partial charge >= 0.3 is 0 Å². The Labute approximate surface area is 121 Å². The highest BCUT2D eigenvalue weighted by molar-refractivity contribution is 9.10. The number of hydrogen-bond acceptors (Lipinski definition) is 4. The van der Waals surface area contributed by atoms with E-state index in [1.807, 2.05) is 0 Å². The summed E-state index contributed by atoms with van der Waals surface area (Å²) in [6.07, 6.45) is 1.18. The SMILES string of the molecule is CN(CCS(C)(=O)=O)C(CN)c1cc(Br)ccc1F. The molecule has 1 rings (SSSR count). The standard InChI is InChI=1S/C12H18BrFN2O2S/c1-16(5-6-19(2,17)18)12(8-15)10-7-9(13)3-4-11(10)14/h3-4,7,12H,5-6,8,15H2,1-2H3. The minimum Gasteiger partial charge on any atom is -0.329 e. The van der Waals surface area contributed by atoms with Crippen LogP contribution >= 0.6 is 15.9 Å². The maximum atomic E-state index is 13.8. The van der Waals surface area contributed by atoms with Crippen LogP contribution in [0.25, 0.3) is 0 Å². The molecular formula is C12H18BrFN2O2S. The van der Waals surface area contributed by atoms with E-state index in [1.54, 1.807) is 24.1 Å². The Morgan fingerprint density at radius 3 is 2.63 bits per heavy atom. The molecule has 19 heavy (non-hydrogen) atoms. The molecule has 1 aromatic rings. The minimum atomic E-state index is -3.05. The lowest BCUT2D eigenvalue weighted by Gasteiger charge is -2.27. The lowest BCUT2D eigenvalue weighted by Crippen LogP contribution is -2.34. The fourth-order valence-electron chi connectivity index (χ4n) is 1.78. The zero-order valence-corrected chi connectivity index (χ0v) is 13.3. The lowest BCUT2D eigenvalue weighted by atomic mass is 10.1. The second-order valence-corrected chi connectivity index (χ2v) is 7.70. The molecule has 0 aliphatic heterocycles. The maximum Gasteiger partial charge on any atom is 0.148 e. The number of rotatable bonds is 6. The predicted molar refractivity (Wildman–Crippen MR) is 78.2 cm³/mol. The molecule has 7 heteroatoms. The largest absolute Gasteiger partial charge is 0.329 e. The summed E-state index contributed by atoms with van der Waals surface area (Å²) in [6.45, 7) is 0.528. The number of nitrogens with two attached hydrogens (primary N) is 1. The van der Waals surface area contributed by atoms with Gasteiger partial charge in [0.2, 0.25) is 0 Å². The van der Waals surface area contributed by atoms with Gasteiger partial charge in [0.15, 0.2) is 0 Å². The third-order valence-electron chi connectivity index (χ3n) is 2.89. The van der Waals surface area contributed by atoms with Crippen molar-refractivity contribution in [2.24, 2.45) is 5.73 Å². The summed E-state index contributed by atoms with van der Waals surface area (Å²) in [5, 5.41) is 0. The van der Waals surface area contributed by atoms with Gasteiger partial charge < -0.3 is 5.73 Å². The van der Waals surface area contributed by atoms with Crippen LogP contribution in [-0.2, 0) is 9.84 Å². The molecule has 0 fully saturated rings. The van der Waals surface area contributed by atoms with Gasteiger partial charge in [-0.15, -0.1) is 0 Å². The first-order valence-corrected chi connectivity index (χ1v) is 8.63. The fourth-order valence-corrected chi connectivity index (χ4v) is 2.78. The van der Waals surface area contributed by atoms with Crippen LogP contribution in [-0.4, -0.2) is 45.5 Å².